The molecule has 1 amide bonds. The fraction of sp³-hybridized carbons (Fsp3) is 0.444. The number of hydrogen-bond donors (Lipinski definition) is 1. The molecule has 1 aromatic heterocycles. The molecule has 3 heterocycles. The Bertz CT molecular complexity index is 750. The number of likely N-dealkylation sites (tertiary alicyclic amines) is 1. The van der Waals surface area contributed by atoms with Gasteiger partial charge in [0.1, 0.15) is 5.60 Å². The lowest BCUT2D eigenvalue weighted by Gasteiger charge is -2.43. The van der Waals surface area contributed by atoms with Gasteiger partial charge in [0.25, 0.3) is 5.91 Å². The summed E-state index contributed by atoms with van der Waals surface area (Å²) in [5.74, 6) is 0.121. The molecular formula is C18H21N3O2S. The molecule has 0 radical (unpaired) electrons. The van der Waals surface area contributed by atoms with E-state index in [2.05, 4.69) is 10.2 Å². The summed E-state index contributed by atoms with van der Waals surface area (Å²) in [7, 11) is 0. The highest BCUT2D eigenvalue weighted by Gasteiger charge is 2.43. The first-order valence-corrected chi connectivity index (χ1v) is 9.55. The summed E-state index contributed by atoms with van der Waals surface area (Å²) in [6, 6.07) is 7.83. The monoisotopic (exact) mass is 343 g/mol. The Morgan fingerprint density at radius 2 is 2.12 bits per heavy atom. The van der Waals surface area contributed by atoms with Crippen molar-refractivity contribution in [3.05, 3.63) is 47.3 Å². The average Bonchev–Trinajstić information content (AvgIpc) is 3.12. The van der Waals surface area contributed by atoms with Crippen LogP contribution in [0.2, 0.25) is 0 Å². The number of fused-ring (bicyclic) bond motifs is 2. The van der Waals surface area contributed by atoms with Crippen LogP contribution in [-0.2, 0) is 16.8 Å². The third-order valence-electron chi connectivity index (χ3n) is 5.12. The maximum Gasteiger partial charge on any atom is 0.254 e. The Balaban J connectivity index is 1.52. The molecule has 1 spiro atoms. The first-order valence-electron chi connectivity index (χ1n) is 8.32. The number of H-pyrrole nitrogens is 1. The van der Waals surface area contributed by atoms with Crippen LogP contribution in [0.25, 0.3) is 0 Å². The summed E-state index contributed by atoms with van der Waals surface area (Å²) in [6.45, 7) is 2.15. The van der Waals surface area contributed by atoms with Gasteiger partial charge in [-0.1, -0.05) is 12.1 Å². The second kappa shape index (κ2) is 6.26. The summed E-state index contributed by atoms with van der Waals surface area (Å²) in [5.41, 5.74) is 2.88. The number of thioether (sulfide) groups is 1. The zero-order chi connectivity index (χ0) is 16.6. The van der Waals surface area contributed by atoms with Crippen molar-refractivity contribution >= 4 is 17.7 Å². The number of piperidine rings is 1. The molecule has 2 aromatic rings. The first-order chi connectivity index (χ1) is 11.7. The molecule has 0 aliphatic carbocycles. The van der Waals surface area contributed by atoms with E-state index in [0.29, 0.717) is 13.1 Å². The Morgan fingerprint density at radius 3 is 2.92 bits per heavy atom. The Morgan fingerprint density at radius 1 is 1.33 bits per heavy atom. The second-order valence-electron chi connectivity index (χ2n) is 6.36. The molecule has 1 aromatic carbocycles. The van der Waals surface area contributed by atoms with Gasteiger partial charge in [-0.05, 0) is 43.2 Å². The SMILES string of the molecule is CSc1ccccc1C(=O)N1CCC2(CC1)OCCc1cn[nH]c12. The number of nitrogens with one attached hydrogen (secondary N) is 1. The van der Waals surface area contributed by atoms with Gasteiger partial charge in [-0.15, -0.1) is 11.8 Å². The maximum atomic E-state index is 12.9. The molecule has 126 valence electrons. The van der Waals surface area contributed by atoms with Crippen molar-refractivity contribution < 1.29 is 9.53 Å². The van der Waals surface area contributed by atoms with Crippen molar-refractivity contribution in [3.8, 4) is 0 Å². The highest BCUT2D eigenvalue weighted by atomic mass is 32.2. The summed E-state index contributed by atoms with van der Waals surface area (Å²) >= 11 is 1.62. The topological polar surface area (TPSA) is 58.2 Å². The second-order valence-corrected chi connectivity index (χ2v) is 7.20. The predicted octanol–water partition coefficient (Wildman–Crippen LogP) is 2.84. The number of nitrogens with zero attached hydrogens (tertiary/aromatic N) is 2. The van der Waals surface area contributed by atoms with E-state index in [4.69, 9.17) is 4.74 Å². The minimum absolute atomic E-state index is 0.121. The first kappa shape index (κ1) is 15.7. The van der Waals surface area contributed by atoms with E-state index in [9.17, 15) is 4.79 Å². The molecule has 0 unspecified atom stereocenters. The number of ether oxygens (including phenoxy) is 1. The van der Waals surface area contributed by atoms with Crippen molar-refractivity contribution in [3.63, 3.8) is 0 Å². The number of aromatic nitrogens is 2. The minimum atomic E-state index is -0.292. The number of carbonyl (C=O) groups is 1. The summed E-state index contributed by atoms with van der Waals surface area (Å²) in [4.78, 5) is 15.9. The van der Waals surface area contributed by atoms with Crippen LogP contribution in [0.3, 0.4) is 0 Å². The van der Waals surface area contributed by atoms with E-state index in [1.807, 2.05) is 41.6 Å². The Hall–Kier alpha value is -1.79. The number of rotatable bonds is 2. The quantitative estimate of drug-likeness (QED) is 0.852. The maximum absolute atomic E-state index is 12.9. The third-order valence-corrected chi connectivity index (χ3v) is 5.91. The van der Waals surface area contributed by atoms with Gasteiger partial charge in [0.05, 0.1) is 24.1 Å². The van der Waals surface area contributed by atoms with Gasteiger partial charge in [-0.3, -0.25) is 9.89 Å². The molecule has 4 rings (SSSR count). The van der Waals surface area contributed by atoms with Crippen molar-refractivity contribution in [1.29, 1.82) is 0 Å². The molecule has 6 heteroatoms. The lowest BCUT2D eigenvalue weighted by molar-refractivity contribution is -0.0962. The number of aromatic amines is 1. The van der Waals surface area contributed by atoms with E-state index < -0.39 is 0 Å². The van der Waals surface area contributed by atoms with Crippen molar-refractivity contribution in [1.82, 2.24) is 15.1 Å². The van der Waals surface area contributed by atoms with Crippen molar-refractivity contribution in [2.75, 3.05) is 26.0 Å². The molecule has 0 saturated carbocycles. The van der Waals surface area contributed by atoms with Gasteiger partial charge < -0.3 is 9.64 Å². The number of benzene rings is 1. The van der Waals surface area contributed by atoms with Gasteiger partial charge in [0, 0.05) is 18.0 Å². The molecule has 0 bridgehead atoms. The molecule has 1 N–H and O–H groups in total. The van der Waals surface area contributed by atoms with Crippen LogP contribution in [0.15, 0.2) is 35.4 Å². The molecule has 2 aliphatic rings. The third kappa shape index (κ3) is 2.54. The Labute approximate surface area is 145 Å². The van der Waals surface area contributed by atoms with Gasteiger partial charge in [0.2, 0.25) is 0 Å². The zero-order valence-electron chi connectivity index (χ0n) is 13.7. The van der Waals surface area contributed by atoms with E-state index in [0.717, 1.165) is 42.0 Å². The van der Waals surface area contributed by atoms with E-state index in [1.54, 1.807) is 11.8 Å². The van der Waals surface area contributed by atoms with Crippen molar-refractivity contribution in [2.24, 2.45) is 0 Å². The fourth-order valence-electron chi connectivity index (χ4n) is 3.78. The summed E-state index contributed by atoms with van der Waals surface area (Å²) in [5, 5.41) is 7.32. The minimum Gasteiger partial charge on any atom is -0.368 e. The molecule has 2 aliphatic heterocycles. The lowest BCUT2D eigenvalue weighted by Crippen LogP contribution is -2.48. The molecule has 5 nitrogen and oxygen atoms in total. The average molecular weight is 343 g/mol. The van der Waals surface area contributed by atoms with Crippen LogP contribution >= 0.6 is 11.8 Å². The van der Waals surface area contributed by atoms with Gasteiger partial charge in [-0.2, -0.15) is 5.10 Å². The zero-order valence-corrected chi connectivity index (χ0v) is 14.6. The molecule has 24 heavy (non-hydrogen) atoms. The number of carbonyl (C=O) groups excluding carboxylic acids is 1. The van der Waals surface area contributed by atoms with Crippen molar-refractivity contribution in [2.45, 2.75) is 29.8 Å². The van der Waals surface area contributed by atoms with Crippen LogP contribution in [0.1, 0.15) is 34.5 Å². The highest BCUT2D eigenvalue weighted by molar-refractivity contribution is 7.98. The predicted molar refractivity (Wildman–Crippen MR) is 93.3 cm³/mol. The summed E-state index contributed by atoms with van der Waals surface area (Å²) in [6.07, 6.45) is 6.46. The molecule has 1 fully saturated rings. The normalized spacial score (nSPS) is 19.3. The van der Waals surface area contributed by atoms with Gasteiger partial charge in [0.15, 0.2) is 0 Å². The van der Waals surface area contributed by atoms with Crippen LogP contribution < -0.4 is 0 Å². The number of hydrogen-bond acceptors (Lipinski definition) is 4. The van der Waals surface area contributed by atoms with Gasteiger partial charge >= 0.3 is 0 Å². The van der Waals surface area contributed by atoms with Crippen LogP contribution in [0, 0.1) is 0 Å². The highest BCUT2D eigenvalue weighted by Crippen LogP contribution is 2.40. The lowest BCUT2D eigenvalue weighted by atomic mass is 9.83. The van der Waals surface area contributed by atoms with E-state index >= 15 is 0 Å². The van der Waals surface area contributed by atoms with Crippen LogP contribution in [0.5, 0.6) is 0 Å². The standard InChI is InChI=1S/C18H21N3O2S/c1-24-15-5-3-2-4-14(15)17(22)21-9-7-18(8-10-21)16-13(6-11-23-18)12-19-20-16/h2-5,12H,6-11H2,1H3,(H,19,20). The smallest absolute Gasteiger partial charge is 0.254 e. The number of amides is 1. The van der Waals surface area contributed by atoms with Gasteiger partial charge in [-0.25, -0.2) is 0 Å². The Kier molecular flexibility index (Phi) is 4.10. The van der Waals surface area contributed by atoms with Crippen LogP contribution in [0.4, 0.5) is 0 Å². The van der Waals surface area contributed by atoms with E-state index in [1.165, 1.54) is 5.56 Å². The largest absolute Gasteiger partial charge is 0.368 e. The molecular weight excluding hydrogens is 322 g/mol. The fourth-order valence-corrected chi connectivity index (χ4v) is 4.37. The van der Waals surface area contributed by atoms with Crippen LogP contribution in [-0.4, -0.2) is 47.0 Å². The molecule has 0 atom stereocenters. The summed E-state index contributed by atoms with van der Waals surface area (Å²) < 4.78 is 6.16. The van der Waals surface area contributed by atoms with E-state index in [-0.39, 0.29) is 11.5 Å². The molecule has 1 saturated heterocycles.